The smallest absolute Gasteiger partial charge is 0.341 e. The Morgan fingerprint density at radius 2 is 1.58 bits per heavy atom. The van der Waals surface area contributed by atoms with Gasteiger partial charge in [0, 0.05) is 17.3 Å². The molecule has 0 radical (unpaired) electrons. The molecule has 0 fully saturated rings. The lowest BCUT2D eigenvalue weighted by atomic mass is 10.1. The standard InChI is InChI=1S/C24H18N2O5/c27-22-19-8-4-5-9-21(19)26(14-20(22)23(28)29)24(30)25-17-10-12-18(13-11-17)31-15-16-6-2-1-3-7-16/h1-14H,15H2,(H,25,30)(H,28,29). The molecule has 0 saturated carbocycles. The predicted molar refractivity (Wildman–Crippen MR) is 117 cm³/mol. The lowest BCUT2D eigenvalue weighted by molar-refractivity contribution is 0.0695. The molecule has 0 unspecified atom stereocenters. The fraction of sp³-hybridized carbons (Fsp3) is 0.0417. The van der Waals surface area contributed by atoms with Crippen molar-refractivity contribution in [1.82, 2.24) is 4.57 Å². The van der Waals surface area contributed by atoms with Gasteiger partial charge in [-0.15, -0.1) is 0 Å². The van der Waals surface area contributed by atoms with E-state index in [2.05, 4.69) is 5.32 Å². The maximum absolute atomic E-state index is 12.8. The van der Waals surface area contributed by atoms with Crippen LogP contribution in [0.25, 0.3) is 10.9 Å². The van der Waals surface area contributed by atoms with Crippen LogP contribution >= 0.6 is 0 Å². The molecule has 0 saturated heterocycles. The Balaban J connectivity index is 1.54. The number of nitrogens with zero attached hydrogens (tertiary/aromatic N) is 1. The second kappa shape index (κ2) is 8.54. The Kier molecular flexibility index (Phi) is 5.49. The Bertz CT molecular complexity index is 1310. The number of fused-ring (bicyclic) bond motifs is 1. The fourth-order valence-corrected chi connectivity index (χ4v) is 3.16. The van der Waals surface area contributed by atoms with Gasteiger partial charge in [-0.3, -0.25) is 9.36 Å². The number of amides is 1. The number of carbonyl (C=O) groups excluding carboxylic acids is 1. The molecule has 3 aromatic carbocycles. The maximum atomic E-state index is 12.8. The van der Waals surface area contributed by atoms with Gasteiger partial charge in [0.05, 0.1) is 5.52 Å². The van der Waals surface area contributed by atoms with Crippen molar-refractivity contribution in [2.24, 2.45) is 0 Å². The van der Waals surface area contributed by atoms with Crippen LogP contribution in [0.15, 0.2) is 89.9 Å². The summed E-state index contributed by atoms with van der Waals surface area (Å²) < 4.78 is 6.86. The second-order valence-corrected chi connectivity index (χ2v) is 6.79. The summed E-state index contributed by atoms with van der Waals surface area (Å²) >= 11 is 0. The number of carbonyl (C=O) groups is 2. The van der Waals surface area contributed by atoms with Gasteiger partial charge in [0.1, 0.15) is 17.9 Å². The quantitative estimate of drug-likeness (QED) is 0.506. The average molecular weight is 414 g/mol. The number of pyridine rings is 1. The number of nitrogens with one attached hydrogen (secondary N) is 1. The van der Waals surface area contributed by atoms with Gasteiger partial charge < -0.3 is 15.2 Å². The molecule has 4 rings (SSSR count). The average Bonchev–Trinajstić information content (AvgIpc) is 2.79. The Morgan fingerprint density at radius 3 is 2.29 bits per heavy atom. The van der Waals surface area contributed by atoms with E-state index in [1.54, 1.807) is 42.5 Å². The normalized spacial score (nSPS) is 10.6. The molecule has 31 heavy (non-hydrogen) atoms. The number of aromatic nitrogens is 1. The zero-order valence-corrected chi connectivity index (χ0v) is 16.3. The van der Waals surface area contributed by atoms with E-state index in [-0.39, 0.29) is 5.39 Å². The third-order valence-corrected chi connectivity index (χ3v) is 4.71. The predicted octanol–water partition coefficient (Wildman–Crippen LogP) is 4.36. The van der Waals surface area contributed by atoms with Gasteiger partial charge in [-0.05, 0) is 42.0 Å². The van der Waals surface area contributed by atoms with E-state index in [0.29, 0.717) is 23.6 Å². The van der Waals surface area contributed by atoms with Crippen molar-refractivity contribution < 1.29 is 19.4 Å². The first-order valence-corrected chi connectivity index (χ1v) is 9.49. The van der Waals surface area contributed by atoms with Gasteiger partial charge >= 0.3 is 12.0 Å². The van der Waals surface area contributed by atoms with Crippen LogP contribution in [0.3, 0.4) is 0 Å². The largest absolute Gasteiger partial charge is 0.489 e. The molecule has 0 aliphatic carbocycles. The molecule has 0 aliphatic rings. The number of aromatic carboxylic acids is 1. The van der Waals surface area contributed by atoms with E-state index in [1.165, 1.54) is 6.07 Å². The van der Waals surface area contributed by atoms with E-state index in [4.69, 9.17) is 4.74 Å². The molecule has 2 N–H and O–H groups in total. The van der Waals surface area contributed by atoms with Gasteiger partial charge in [0.2, 0.25) is 5.43 Å². The van der Waals surface area contributed by atoms with E-state index in [1.807, 2.05) is 30.3 Å². The van der Waals surface area contributed by atoms with Crippen molar-refractivity contribution in [2.45, 2.75) is 6.61 Å². The number of para-hydroxylation sites is 1. The van der Waals surface area contributed by atoms with E-state index in [9.17, 15) is 19.5 Å². The van der Waals surface area contributed by atoms with E-state index in [0.717, 1.165) is 16.3 Å². The van der Waals surface area contributed by atoms with Crippen molar-refractivity contribution in [3.63, 3.8) is 0 Å². The number of anilines is 1. The highest BCUT2D eigenvalue weighted by molar-refractivity contribution is 6.00. The summed E-state index contributed by atoms with van der Waals surface area (Å²) in [5.74, 6) is -0.749. The number of rotatable bonds is 5. The Labute approximate surface area is 177 Å². The molecule has 154 valence electrons. The molecule has 0 aliphatic heterocycles. The van der Waals surface area contributed by atoms with Crippen molar-refractivity contribution in [1.29, 1.82) is 0 Å². The van der Waals surface area contributed by atoms with Crippen LogP contribution in [-0.2, 0) is 6.61 Å². The third-order valence-electron chi connectivity index (χ3n) is 4.71. The first-order valence-electron chi connectivity index (χ1n) is 9.49. The summed E-state index contributed by atoms with van der Waals surface area (Å²) in [6.07, 6.45) is 1.04. The topological polar surface area (TPSA) is 97.6 Å². The molecule has 1 aromatic heterocycles. The molecule has 0 spiro atoms. The summed E-state index contributed by atoms with van der Waals surface area (Å²) in [6.45, 7) is 0.425. The second-order valence-electron chi connectivity index (χ2n) is 6.79. The fourth-order valence-electron chi connectivity index (χ4n) is 3.16. The molecular formula is C24H18N2O5. The molecule has 0 bridgehead atoms. The minimum Gasteiger partial charge on any atom is -0.489 e. The lowest BCUT2D eigenvalue weighted by Gasteiger charge is -2.13. The number of benzene rings is 3. The first-order chi connectivity index (χ1) is 15.0. The monoisotopic (exact) mass is 414 g/mol. The number of hydrogen-bond acceptors (Lipinski definition) is 4. The van der Waals surface area contributed by atoms with Crippen molar-refractivity contribution in [3.8, 4) is 5.75 Å². The highest BCUT2D eigenvalue weighted by Crippen LogP contribution is 2.18. The third kappa shape index (κ3) is 4.30. The zero-order valence-electron chi connectivity index (χ0n) is 16.3. The summed E-state index contributed by atoms with van der Waals surface area (Å²) in [4.78, 5) is 36.6. The van der Waals surface area contributed by atoms with Gasteiger partial charge in [-0.25, -0.2) is 9.59 Å². The first kappa shape index (κ1) is 19.9. The Hall–Kier alpha value is -4.39. The van der Waals surface area contributed by atoms with E-state index >= 15 is 0 Å². The van der Waals surface area contributed by atoms with Crippen LogP contribution in [0.2, 0.25) is 0 Å². The Morgan fingerprint density at radius 1 is 0.903 bits per heavy atom. The minimum atomic E-state index is -1.39. The van der Waals surface area contributed by atoms with E-state index < -0.39 is 23.0 Å². The van der Waals surface area contributed by atoms with Gasteiger partial charge in [-0.1, -0.05) is 42.5 Å². The molecule has 7 heteroatoms. The van der Waals surface area contributed by atoms with Crippen molar-refractivity contribution >= 4 is 28.6 Å². The number of carboxylic acids is 1. The minimum absolute atomic E-state index is 0.155. The van der Waals surface area contributed by atoms with Crippen LogP contribution < -0.4 is 15.5 Å². The van der Waals surface area contributed by atoms with Crippen LogP contribution in [0.5, 0.6) is 5.75 Å². The highest BCUT2D eigenvalue weighted by atomic mass is 16.5. The summed E-state index contributed by atoms with van der Waals surface area (Å²) in [5, 5.41) is 12.2. The number of carboxylic acid groups (broad SMARTS) is 1. The molecule has 1 heterocycles. The highest BCUT2D eigenvalue weighted by Gasteiger charge is 2.17. The number of hydrogen-bond donors (Lipinski definition) is 2. The summed E-state index contributed by atoms with van der Waals surface area (Å²) in [5.41, 5.74) is 0.749. The van der Waals surface area contributed by atoms with Gasteiger partial charge in [-0.2, -0.15) is 0 Å². The van der Waals surface area contributed by atoms with Gasteiger partial charge in [0.15, 0.2) is 0 Å². The zero-order chi connectivity index (χ0) is 21.8. The molecule has 4 aromatic rings. The number of ether oxygens (including phenoxy) is 1. The molecule has 7 nitrogen and oxygen atoms in total. The van der Waals surface area contributed by atoms with Crippen molar-refractivity contribution in [3.05, 3.63) is 106 Å². The van der Waals surface area contributed by atoms with Gasteiger partial charge in [0.25, 0.3) is 0 Å². The maximum Gasteiger partial charge on any atom is 0.341 e. The van der Waals surface area contributed by atoms with Crippen LogP contribution in [0.4, 0.5) is 10.5 Å². The molecule has 0 atom stereocenters. The molecule has 1 amide bonds. The van der Waals surface area contributed by atoms with Crippen LogP contribution in [0.1, 0.15) is 15.9 Å². The summed E-state index contributed by atoms with van der Waals surface area (Å²) in [7, 11) is 0. The lowest BCUT2D eigenvalue weighted by Crippen LogP contribution is -2.25. The van der Waals surface area contributed by atoms with Crippen molar-refractivity contribution in [2.75, 3.05) is 5.32 Å². The SMILES string of the molecule is O=C(O)c1cn(C(=O)Nc2ccc(OCc3ccccc3)cc2)c2ccccc2c1=O. The summed E-state index contributed by atoms with van der Waals surface area (Å²) in [6, 6.07) is 22.3. The van der Waals surface area contributed by atoms with Crippen LogP contribution in [-0.4, -0.2) is 21.7 Å². The molecular weight excluding hydrogens is 396 g/mol. The van der Waals surface area contributed by atoms with Crippen LogP contribution in [0, 0.1) is 0 Å².